The zero-order valence-corrected chi connectivity index (χ0v) is 14.8. The van der Waals surface area contributed by atoms with Gasteiger partial charge in [0.25, 0.3) is 0 Å². The summed E-state index contributed by atoms with van der Waals surface area (Å²) in [5.41, 5.74) is -1.87. The fourth-order valence-corrected chi connectivity index (χ4v) is 4.03. The van der Waals surface area contributed by atoms with Gasteiger partial charge in [0.05, 0.1) is 16.5 Å². The van der Waals surface area contributed by atoms with E-state index in [1.54, 1.807) is 6.07 Å². The van der Waals surface area contributed by atoms with Crippen molar-refractivity contribution < 1.29 is 27.0 Å². The van der Waals surface area contributed by atoms with Crippen LogP contribution in [0.3, 0.4) is 0 Å². The van der Waals surface area contributed by atoms with Gasteiger partial charge < -0.3 is 9.84 Å². The third-order valence-electron chi connectivity index (χ3n) is 4.27. The number of hydrogen-bond acceptors (Lipinski definition) is 5. The van der Waals surface area contributed by atoms with Crippen molar-refractivity contribution in [1.82, 2.24) is 0 Å². The molecular weight excluding hydrogens is 364 g/mol. The van der Waals surface area contributed by atoms with E-state index in [1.807, 2.05) is 0 Å². The maximum Gasteiger partial charge on any atom is 0.175 e. The normalized spacial score (nSPS) is 21.9. The van der Waals surface area contributed by atoms with E-state index in [0.29, 0.717) is 0 Å². The highest BCUT2D eigenvalue weighted by molar-refractivity contribution is 7.90. The molecule has 0 aliphatic heterocycles. The highest BCUT2D eigenvalue weighted by Crippen LogP contribution is 2.48. The molecule has 1 N–H and O–H groups in total. The van der Waals surface area contributed by atoms with Crippen molar-refractivity contribution in [3.8, 4) is 17.6 Å². The van der Waals surface area contributed by atoms with Gasteiger partial charge in [0.1, 0.15) is 29.1 Å². The summed E-state index contributed by atoms with van der Waals surface area (Å²) < 4.78 is 57.8. The number of sulfone groups is 1. The van der Waals surface area contributed by atoms with E-state index in [4.69, 9.17) is 10.00 Å². The molecule has 0 radical (unpaired) electrons. The van der Waals surface area contributed by atoms with Crippen LogP contribution < -0.4 is 4.74 Å². The number of hydrogen-bond donors (Lipinski definition) is 1. The van der Waals surface area contributed by atoms with Crippen LogP contribution in [0.4, 0.5) is 8.78 Å². The van der Waals surface area contributed by atoms with Gasteiger partial charge in [-0.2, -0.15) is 5.26 Å². The minimum atomic E-state index is -3.70. The number of nitrogens with zero attached hydrogens (tertiary/aromatic N) is 1. The first-order valence-electron chi connectivity index (χ1n) is 7.64. The Labute approximate surface area is 149 Å². The van der Waals surface area contributed by atoms with Crippen molar-refractivity contribution in [2.24, 2.45) is 0 Å². The minimum Gasteiger partial charge on any atom is -0.457 e. The van der Waals surface area contributed by atoms with E-state index in [0.717, 1.165) is 18.4 Å². The van der Waals surface area contributed by atoms with Crippen LogP contribution >= 0.6 is 0 Å². The molecular formula is C18H15F2NO4S. The lowest BCUT2D eigenvalue weighted by atomic mass is 10.0. The first-order chi connectivity index (χ1) is 12.0. The predicted octanol–water partition coefficient (Wildman–Crippen LogP) is 3.21. The average molecular weight is 379 g/mol. The molecule has 0 amide bonds. The Bertz CT molecular complexity index is 1040. The van der Waals surface area contributed by atoms with Crippen LogP contribution in [0.5, 0.6) is 11.5 Å². The first-order valence-corrected chi connectivity index (χ1v) is 9.53. The molecule has 0 heterocycles. The van der Waals surface area contributed by atoms with Gasteiger partial charge in [-0.3, -0.25) is 0 Å². The minimum absolute atomic E-state index is 0.0119. The Hall–Kier alpha value is -2.50. The molecule has 0 saturated carbocycles. The quantitative estimate of drug-likeness (QED) is 0.885. The number of nitriles is 1. The third kappa shape index (κ3) is 3.16. The summed E-state index contributed by atoms with van der Waals surface area (Å²) in [4.78, 5) is -0.175. The van der Waals surface area contributed by atoms with E-state index in [2.05, 4.69) is 0 Å². The number of fused-ring (bicyclic) bond motifs is 1. The number of alkyl halides is 1. The summed E-state index contributed by atoms with van der Waals surface area (Å²) in [7, 11) is -3.70. The zero-order chi connectivity index (χ0) is 19.3. The molecule has 26 heavy (non-hydrogen) atoms. The highest BCUT2D eigenvalue weighted by atomic mass is 32.2. The average Bonchev–Trinajstić information content (AvgIpc) is 2.77. The van der Waals surface area contributed by atoms with Crippen LogP contribution in [0, 0.1) is 17.1 Å². The summed E-state index contributed by atoms with van der Waals surface area (Å²) in [6.07, 6.45) is -0.925. The second-order valence-electron chi connectivity index (χ2n) is 6.47. The summed E-state index contributed by atoms with van der Waals surface area (Å²) >= 11 is 0. The number of rotatable bonds is 3. The van der Waals surface area contributed by atoms with E-state index >= 15 is 0 Å². The second kappa shape index (κ2) is 6.04. The Morgan fingerprint density at radius 2 is 2.04 bits per heavy atom. The monoisotopic (exact) mass is 379 g/mol. The molecule has 0 saturated heterocycles. The van der Waals surface area contributed by atoms with Gasteiger partial charge in [0.15, 0.2) is 9.84 Å². The van der Waals surface area contributed by atoms with Crippen LogP contribution in [-0.4, -0.2) is 25.4 Å². The van der Waals surface area contributed by atoms with Crippen molar-refractivity contribution in [1.29, 1.82) is 5.26 Å². The van der Waals surface area contributed by atoms with E-state index in [1.165, 1.54) is 25.1 Å². The van der Waals surface area contributed by atoms with Crippen molar-refractivity contribution >= 4 is 9.84 Å². The Morgan fingerprint density at radius 1 is 1.35 bits per heavy atom. The van der Waals surface area contributed by atoms with Crippen molar-refractivity contribution in [2.45, 2.75) is 30.0 Å². The number of benzene rings is 2. The topological polar surface area (TPSA) is 87.4 Å². The lowest BCUT2D eigenvalue weighted by Gasteiger charge is -2.18. The number of halogens is 2. The fourth-order valence-electron chi connectivity index (χ4n) is 3.08. The molecule has 1 aliphatic carbocycles. The van der Waals surface area contributed by atoms with Gasteiger partial charge in [0.2, 0.25) is 0 Å². The lowest BCUT2D eigenvalue weighted by Crippen LogP contribution is -2.24. The van der Waals surface area contributed by atoms with E-state index < -0.39 is 27.4 Å². The highest BCUT2D eigenvalue weighted by Gasteiger charge is 2.46. The van der Waals surface area contributed by atoms with Crippen molar-refractivity contribution in [3.63, 3.8) is 0 Å². The first kappa shape index (κ1) is 18.3. The molecule has 3 rings (SSSR count). The molecule has 2 unspecified atom stereocenters. The standard InChI is InChI=1S/C18H15F2NO4S/c1-18(20)8-13-14(25-12-6-10(9-21)5-11(19)7-12)3-4-15(26(2,23)24)16(13)17(18)22/h3-7,17,22H,8H2,1-2H3. The van der Waals surface area contributed by atoms with Gasteiger partial charge in [-0.1, -0.05) is 0 Å². The second-order valence-corrected chi connectivity index (χ2v) is 8.46. The number of aliphatic hydroxyl groups is 1. The summed E-state index contributed by atoms with van der Waals surface area (Å²) in [6, 6.07) is 7.74. The van der Waals surface area contributed by atoms with E-state index in [9.17, 15) is 22.3 Å². The molecule has 2 aromatic rings. The van der Waals surface area contributed by atoms with Gasteiger partial charge in [-0.15, -0.1) is 0 Å². The molecule has 0 fully saturated rings. The molecule has 1 aliphatic rings. The molecule has 8 heteroatoms. The maximum atomic E-state index is 14.7. The maximum absolute atomic E-state index is 14.7. The third-order valence-corrected chi connectivity index (χ3v) is 5.42. The molecule has 0 bridgehead atoms. The molecule has 2 atom stereocenters. The molecule has 5 nitrogen and oxygen atoms in total. The Balaban J connectivity index is 2.15. The van der Waals surface area contributed by atoms with Crippen LogP contribution in [0.1, 0.15) is 29.7 Å². The van der Waals surface area contributed by atoms with Crippen LogP contribution in [0.25, 0.3) is 0 Å². The van der Waals surface area contributed by atoms with Gasteiger partial charge >= 0.3 is 0 Å². The molecule has 0 spiro atoms. The smallest absolute Gasteiger partial charge is 0.175 e. The number of ether oxygens (including phenoxy) is 1. The van der Waals surface area contributed by atoms with Crippen molar-refractivity contribution in [3.05, 3.63) is 52.8 Å². The van der Waals surface area contributed by atoms with Gasteiger partial charge in [-0.25, -0.2) is 17.2 Å². The van der Waals surface area contributed by atoms with Crippen molar-refractivity contribution in [2.75, 3.05) is 6.26 Å². The van der Waals surface area contributed by atoms with Crippen LogP contribution in [0.15, 0.2) is 35.2 Å². The molecule has 2 aromatic carbocycles. The van der Waals surface area contributed by atoms with Gasteiger partial charge in [-0.05, 0) is 31.2 Å². The molecule has 0 aromatic heterocycles. The van der Waals surface area contributed by atoms with Crippen LogP contribution in [0.2, 0.25) is 0 Å². The predicted molar refractivity (Wildman–Crippen MR) is 88.9 cm³/mol. The summed E-state index contributed by atoms with van der Waals surface area (Å²) in [6.45, 7) is 1.17. The van der Waals surface area contributed by atoms with E-state index in [-0.39, 0.29) is 39.5 Å². The summed E-state index contributed by atoms with van der Waals surface area (Å²) in [5.74, 6) is -0.570. The van der Waals surface area contributed by atoms with Crippen LogP contribution in [-0.2, 0) is 16.3 Å². The Kier molecular flexibility index (Phi) is 4.25. The number of aliphatic hydroxyl groups excluding tert-OH is 1. The largest absolute Gasteiger partial charge is 0.457 e. The molecule has 136 valence electrons. The summed E-state index contributed by atoms with van der Waals surface area (Å²) in [5, 5.41) is 19.2. The fraction of sp³-hybridized carbons (Fsp3) is 0.278. The lowest BCUT2D eigenvalue weighted by molar-refractivity contribution is 0.0166. The SMILES string of the molecule is CC1(F)Cc2c(Oc3cc(F)cc(C#N)c3)ccc(S(C)(=O)=O)c2C1O. The van der Waals surface area contributed by atoms with Gasteiger partial charge in [0, 0.05) is 29.9 Å². The zero-order valence-electron chi connectivity index (χ0n) is 14.0. The Morgan fingerprint density at radius 3 is 2.65 bits per heavy atom.